The predicted molar refractivity (Wildman–Crippen MR) is 83.0 cm³/mol. The maximum absolute atomic E-state index is 6.48. The molecule has 1 heteroatoms. The summed E-state index contributed by atoms with van der Waals surface area (Å²) in [4.78, 5) is 0. The fourth-order valence-corrected chi connectivity index (χ4v) is 3.42. The lowest BCUT2D eigenvalue weighted by Crippen LogP contribution is -2.27. The van der Waals surface area contributed by atoms with E-state index >= 15 is 0 Å². The van der Waals surface area contributed by atoms with Crippen molar-refractivity contribution in [3.63, 3.8) is 0 Å². The van der Waals surface area contributed by atoms with Crippen molar-refractivity contribution < 1.29 is 0 Å². The smallest absolute Gasteiger partial charge is 0.0323 e. The van der Waals surface area contributed by atoms with Gasteiger partial charge in [-0.05, 0) is 61.0 Å². The predicted octanol–water partition coefficient (Wildman–Crippen LogP) is 4.71. The van der Waals surface area contributed by atoms with Gasteiger partial charge in [0.2, 0.25) is 0 Å². The number of nitrogens with two attached hydrogens (primary N) is 1. The number of benzene rings is 1. The minimum atomic E-state index is 0.235. The number of hydrogen-bond donors (Lipinski definition) is 1. The van der Waals surface area contributed by atoms with Gasteiger partial charge in [-0.15, -0.1) is 0 Å². The Hall–Kier alpha value is -0.820. The van der Waals surface area contributed by atoms with Crippen molar-refractivity contribution in [3.8, 4) is 0 Å². The summed E-state index contributed by atoms with van der Waals surface area (Å²) in [5, 5.41) is 0. The molecule has 0 heterocycles. The zero-order valence-corrected chi connectivity index (χ0v) is 12.7. The molecule has 0 aliphatic heterocycles. The van der Waals surface area contributed by atoms with E-state index in [1.54, 1.807) is 0 Å². The minimum absolute atomic E-state index is 0.235. The second-order valence-electron chi connectivity index (χ2n) is 6.54. The fraction of sp³-hybridized carbons (Fsp3) is 0.667. The summed E-state index contributed by atoms with van der Waals surface area (Å²) in [6.07, 6.45) is 6.44. The Bertz CT molecular complexity index is 371. The number of aryl methyl sites for hydroxylation is 1. The SMILES string of the molecule is CCc1ccc(C(N)C2CCC(C(C)C)CC2)cc1. The Morgan fingerprint density at radius 2 is 1.53 bits per heavy atom. The van der Waals surface area contributed by atoms with Crippen LogP contribution < -0.4 is 5.73 Å². The van der Waals surface area contributed by atoms with Crippen LogP contribution in [0.25, 0.3) is 0 Å². The molecule has 1 aliphatic carbocycles. The topological polar surface area (TPSA) is 26.0 Å². The van der Waals surface area contributed by atoms with E-state index in [1.165, 1.54) is 36.8 Å². The second-order valence-corrected chi connectivity index (χ2v) is 6.54. The highest BCUT2D eigenvalue weighted by Gasteiger charge is 2.27. The van der Waals surface area contributed by atoms with Gasteiger partial charge in [0.1, 0.15) is 0 Å². The van der Waals surface area contributed by atoms with Crippen LogP contribution in [-0.2, 0) is 6.42 Å². The first-order valence-corrected chi connectivity index (χ1v) is 7.96. The highest BCUT2D eigenvalue weighted by molar-refractivity contribution is 5.25. The van der Waals surface area contributed by atoms with E-state index in [9.17, 15) is 0 Å². The lowest BCUT2D eigenvalue weighted by Gasteiger charge is -2.34. The average Bonchev–Trinajstić information content (AvgIpc) is 2.46. The van der Waals surface area contributed by atoms with Crippen molar-refractivity contribution >= 4 is 0 Å². The summed E-state index contributed by atoms with van der Waals surface area (Å²) >= 11 is 0. The van der Waals surface area contributed by atoms with E-state index in [0.717, 1.165) is 18.3 Å². The molecule has 1 unspecified atom stereocenters. The van der Waals surface area contributed by atoms with Crippen molar-refractivity contribution in [2.24, 2.45) is 23.5 Å². The molecule has 1 aliphatic rings. The van der Waals surface area contributed by atoms with Crippen LogP contribution in [0.5, 0.6) is 0 Å². The Morgan fingerprint density at radius 3 is 2.00 bits per heavy atom. The normalized spacial score (nSPS) is 25.5. The third-order valence-corrected chi connectivity index (χ3v) is 5.04. The zero-order valence-electron chi connectivity index (χ0n) is 12.7. The van der Waals surface area contributed by atoms with Gasteiger partial charge in [-0.25, -0.2) is 0 Å². The molecule has 106 valence electrons. The highest BCUT2D eigenvalue weighted by Crippen LogP contribution is 2.38. The van der Waals surface area contributed by atoms with Gasteiger partial charge < -0.3 is 5.73 Å². The summed E-state index contributed by atoms with van der Waals surface area (Å²) in [6, 6.07) is 9.17. The summed E-state index contributed by atoms with van der Waals surface area (Å²) < 4.78 is 0. The maximum atomic E-state index is 6.48. The van der Waals surface area contributed by atoms with Crippen molar-refractivity contribution in [1.82, 2.24) is 0 Å². The van der Waals surface area contributed by atoms with Crippen LogP contribution in [0, 0.1) is 17.8 Å². The maximum Gasteiger partial charge on any atom is 0.0323 e. The van der Waals surface area contributed by atoms with Gasteiger partial charge in [-0.3, -0.25) is 0 Å². The van der Waals surface area contributed by atoms with Crippen LogP contribution in [0.15, 0.2) is 24.3 Å². The number of hydrogen-bond acceptors (Lipinski definition) is 1. The molecule has 1 fully saturated rings. The van der Waals surface area contributed by atoms with Gasteiger partial charge in [-0.2, -0.15) is 0 Å². The Balaban J connectivity index is 1.94. The molecule has 1 aromatic rings. The monoisotopic (exact) mass is 259 g/mol. The minimum Gasteiger partial charge on any atom is -0.324 e. The molecule has 0 radical (unpaired) electrons. The molecule has 2 rings (SSSR count). The second kappa shape index (κ2) is 6.56. The average molecular weight is 259 g/mol. The lowest BCUT2D eigenvalue weighted by molar-refractivity contribution is 0.203. The van der Waals surface area contributed by atoms with Crippen molar-refractivity contribution in [1.29, 1.82) is 0 Å². The summed E-state index contributed by atoms with van der Waals surface area (Å²) in [6.45, 7) is 6.91. The van der Waals surface area contributed by atoms with Gasteiger partial charge in [-0.1, -0.05) is 45.0 Å². The summed E-state index contributed by atoms with van der Waals surface area (Å²) in [5.41, 5.74) is 9.21. The highest BCUT2D eigenvalue weighted by atomic mass is 14.7. The first-order valence-electron chi connectivity index (χ1n) is 7.96. The van der Waals surface area contributed by atoms with E-state index in [4.69, 9.17) is 5.73 Å². The molecule has 0 spiro atoms. The molecule has 2 N–H and O–H groups in total. The molecule has 1 atom stereocenters. The fourth-order valence-electron chi connectivity index (χ4n) is 3.42. The van der Waals surface area contributed by atoms with Gasteiger partial charge in [0.15, 0.2) is 0 Å². The molecule has 19 heavy (non-hydrogen) atoms. The van der Waals surface area contributed by atoms with Crippen molar-refractivity contribution in [3.05, 3.63) is 35.4 Å². The van der Waals surface area contributed by atoms with Gasteiger partial charge >= 0.3 is 0 Å². The van der Waals surface area contributed by atoms with E-state index in [-0.39, 0.29) is 6.04 Å². The van der Waals surface area contributed by atoms with E-state index in [1.807, 2.05) is 0 Å². The lowest BCUT2D eigenvalue weighted by atomic mass is 9.73. The molecule has 0 amide bonds. The quantitative estimate of drug-likeness (QED) is 0.832. The molecule has 1 nitrogen and oxygen atoms in total. The molecular weight excluding hydrogens is 230 g/mol. The zero-order chi connectivity index (χ0) is 13.8. The van der Waals surface area contributed by atoms with Crippen LogP contribution >= 0.6 is 0 Å². The van der Waals surface area contributed by atoms with Crippen LogP contribution in [0.1, 0.15) is 63.6 Å². The molecular formula is C18H29N. The third-order valence-electron chi connectivity index (χ3n) is 5.04. The summed E-state index contributed by atoms with van der Waals surface area (Å²) in [5.74, 6) is 2.44. The largest absolute Gasteiger partial charge is 0.324 e. The molecule has 0 bridgehead atoms. The Labute approximate surface area is 118 Å². The first-order chi connectivity index (χ1) is 9.11. The van der Waals surface area contributed by atoms with Gasteiger partial charge in [0.25, 0.3) is 0 Å². The van der Waals surface area contributed by atoms with Crippen LogP contribution in [0.2, 0.25) is 0 Å². The van der Waals surface area contributed by atoms with E-state index in [2.05, 4.69) is 45.0 Å². The molecule has 1 saturated carbocycles. The van der Waals surface area contributed by atoms with Crippen molar-refractivity contribution in [2.75, 3.05) is 0 Å². The Morgan fingerprint density at radius 1 is 1.00 bits per heavy atom. The van der Waals surface area contributed by atoms with Gasteiger partial charge in [0.05, 0.1) is 0 Å². The van der Waals surface area contributed by atoms with E-state index < -0.39 is 0 Å². The van der Waals surface area contributed by atoms with Crippen LogP contribution in [0.3, 0.4) is 0 Å². The molecule has 0 saturated heterocycles. The third kappa shape index (κ3) is 3.60. The van der Waals surface area contributed by atoms with Crippen LogP contribution in [0.4, 0.5) is 0 Å². The summed E-state index contributed by atoms with van der Waals surface area (Å²) in [7, 11) is 0. The molecule has 1 aromatic carbocycles. The van der Waals surface area contributed by atoms with Crippen LogP contribution in [-0.4, -0.2) is 0 Å². The van der Waals surface area contributed by atoms with Crippen molar-refractivity contribution in [2.45, 2.75) is 58.9 Å². The standard InChI is InChI=1S/C18H29N/c1-4-14-5-7-16(8-6-14)18(19)17-11-9-15(10-12-17)13(2)3/h5-8,13,15,17-18H,4,9-12,19H2,1-3H3. The van der Waals surface area contributed by atoms with E-state index in [0.29, 0.717) is 5.92 Å². The Kier molecular flexibility index (Phi) is 5.04. The number of rotatable bonds is 4. The van der Waals surface area contributed by atoms with Gasteiger partial charge in [0, 0.05) is 6.04 Å². The molecule has 0 aromatic heterocycles. The first kappa shape index (κ1) is 14.6.